The number of methoxy groups -OCH3 is 1. The molecule has 0 saturated carbocycles. The average Bonchev–Trinajstić information content (AvgIpc) is 2.47. The molecule has 7 heteroatoms. The summed E-state index contributed by atoms with van der Waals surface area (Å²) in [5.74, 6) is -0.424. The van der Waals surface area contributed by atoms with Gasteiger partial charge in [0.1, 0.15) is 11.4 Å². The van der Waals surface area contributed by atoms with Gasteiger partial charge in [-0.3, -0.25) is 4.79 Å². The van der Waals surface area contributed by atoms with Crippen LogP contribution in [0.15, 0.2) is 24.3 Å². The van der Waals surface area contributed by atoms with Crippen molar-refractivity contribution in [3.8, 4) is 5.75 Å². The molecule has 0 spiro atoms. The molecule has 0 bridgehead atoms. The van der Waals surface area contributed by atoms with Gasteiger partial charge in [-0.15, -0.1) is 0 Å². The zero-order chi connectivity index (χ0) is 18.2. The molecule has 1 aromatic carbocycles. The summed E-state index contributed by atoms with van der Waals surface area (Å²) in [5, 5.41) is 11.7. The van der Waals surface area contributed by atoms with Gasteiger partial charge in [0, 0.05) is 19.1 Å². The van der Waals surface area contributed by atoms with Crippen LogP contribution in [0, 0.1) is 0 Å². The van der Waals surface area contributed by atoms with Crippen LogP contribution in [0.25, 0.3) is 0 Å². The summed E-state index contributed by atoms with van der Waals surface area (Å²) < 4.78 is 15.6. The van der Waals surface area contributed by atoms with E-state index in [1.807, 2.05) is 0 Å². The maximum atomic E-state index is 12.1. The second kappa shape index (κ2) is 9.12. The number of ether oxygens (including phenoxy) is 3. The van der Waals surface area contributed by atoms with Gasteiger partial charge < -0.3 is 24.6 Å². The molecular weight excluding hydrogens is 314 g/mol. The molecule has 1 rings (SSSR count). The SMILES string of the molecule is COCOc1ccccc1C(CCC(=O)O)NC(=O)OC(C)(C)C. The topological polar surface area (TPSA) is 94.1 Å². The number of amides is 1. The van der Waals surface area contributed by atoms with Gasteiger partial charge in [-0.25, -0.2) is 4.79 Å². The van der Waals surface area contributed by atoms with E-state index in [-0.39, 0.29) is 19.6 Å². The maximum absolute atomic E-state index is 12.1. The lowest BCUT2D eigenvalue weighted by Crippen LogP contribution is -2.35. The van der Waals surface area contributed by atoms with Crippen molar-refractivity contribution in [3.05, 3.63) is 29.8 Å². The number of hydrogen-bond donors (Lipinski definition) is 2. The highest BCUT2D eigenvalue weighted by Crippen LogP contribution is 2.28. The molecule has 0 aliphatic carbocycles. The van der Waals surface area contributed by atoms with Crippen LogP contribution in [0.2, 0.25) is 0 Å². The third-order valence-electron chi connectivity index (χ3n) is 2.96. The number of hydrogen-bond acceptors (Lipinski definition) is 5. The van der Waals surface area contributed by atoms with Crippen LogP contribution in [-0.4, -0.2) is 36.7 Å². The molecule has 0 saturated heterocycles. The predicted molar refractivity (Wildman–Crippen MR) is 87.9 cm³/mol. The fraction of sp³-hybridized carbons (Fsp3) is 0.529. The van der Waals surface area contributed by atoms with E-state index in [1.54, 1.807) is 45.0 Å². The van der Waals surface area contributed by atoms with Crippen molar-refractivity contribution in [2.24, 2.45) is 0 Å². The Kier molecular flexibility index (Phi) is 7.51. The Balaban J connectivity index is 2.96. The minimum absolute atomic E-state index is 0.0507. The first kappa shape index (κ1) is 19.8. The van der Waals surface area contributed by atoms with E-state index < -0.39 is 23.7 Å². The molecule has 0 aromatic heterocycles. The third-order valence-corrected chi connectivity index (χ3v) is 2.96. The van der Waals surface area contributed by atoms with E-state index in [0.717, 1.165) is 0 Å². The fourth-order valence-electron chi connectivity index (χ4n) is 2.05. The van der Waals surface area contributed by atoms with E-state index in [9.17, 15) is 9.59 Å². The predicted octanol–water partition coefficient (Wildman–Crippen LogP) is 3.10. The van der Waals surface area contributed by atoms with Gasteiger partial charge in [0.15, 0.2) is 6.79 Å². The Morgan fingerprint density at radius 2 is 1.92 bits per heavy atom. The summed E-state index contributed by atoms with van der Waals surface area (Å²) in [6.07, 6.45) is -0.500. The molecule has 0 aliphatic heterocycles. The molecule has 7 nitrogen and oxygen atoms in total. The summed E-state index contributed by atoms with van der Waals surface area (Å²) in [5.41, 5.74) is 0.0229. The third kappa shape index (κ3) is 7.32. The van der Waals surface area contributed by atoms with Crippen molar-refractivity contribution in [1.82, 2.24) is 5.32 Å². The maximum Gasteiger partial charge on any atom is 0.408 e. The summed E-state index contributed by atoms with van der Waals surface area (Å²) >= 11 is 0. The molecule has 2 N–H and O–H groups in total. The van der Waals surface area contributed by atoms with E-state index in [2.05, 4.69) is 5.32 Å². The van der Waals surface area contributed by atoms with Gasteiger partial charge in [0.25, 0.3) is 0 Å². The zero-order valence-electron chi connectivity index (χ0n) is 14.5. The molecule has 0 radical (unpaired) electrons. The average molecular weight is 339 g/mol. The highest BCUT2D eigenvalue weighted by atomic mass is 16.7. The highest BCUT2D eigenvalue weighted by Gasteiger charge is 2.23. The van der Waals surface area contributed by atoms with Crippen molar-refractivity contribution >= 4 is 12.1 Å². The molecule has 0 aliphatic rings. The summed E-state index contributed by atoms with van der Waals surface area (Å²) in [7, 11) is 1.50. The molecule has 1 unspecified atom stereocenters. The van der Waals surface area contributed by atoms with Gasteiger partial charge in [0.05, 0.1) is 6.04 Å². The number of rotatable bonds is 8. The second-order valence-corrected chi connectivity index (χ2v) is 6.22. The van der Waals surface area contributed by atoms with Crippen LogP contribution >= 0.6 is 0 Å². The van der Waals surface area contributed by atoms with Gasteiger partial charge in [-0.1, -0.05) is 18.2 Å². The smallest absolute Gasteiger partial charge is 0.408 e. The van der Waals surface area contributed by atoms with E-state index in [1.165, 1.54) is 7.11 Å². The van der Waals surface area contributed by atoms with E-state index in [4.69, 9.17) is 19.3 Å². The normalized spacial score (nSPS) is 12.3. The quantitative estimate of drug-likeness (QED) is 0.707. The summed E-state index contributed by atoms with van der Waals surface area (Å²) in [4.78, 5) is 23.0. The number of carboxylic acids is 1. The van der Waals surface area contributed by atoms with Crippen LogP contribution in [-0.2, 0) is 14.3 Å². The number of carbonyl (C=O) groups is 2. The fourth-order valence-corrected chi connectivity index (χ4v) is 2.05. The van der Waals surface area contributed by atoms with Crippen molar-refractivity contribution in [3.63, 3.8) is 0 Å². The number of carboxylic acid groups (broad SMARTS) is 1. The van der Waals surface area contributed by atoms with Crippen molar-refractivity contribution < 1.29 is 28.9 Å². The number of alkyl carbamates (subject to hydrolysis) is 1. The van der Waals surface area contributed by atoms with Gasteiger partial charge in [-0.05, 0) is 33.3 Å². The minimum atomic E-state index is -0.943. The van der Waals surface area contributed by atoms with Gasteiger partial charge >= 0.3 is 12.1 Å². The van der Waals surface area contributed by atoms with Crippen LogP contribution in [0.1, 0.15) is 45.2 Å². The lowest BCUT2D eigenvalue weighted by Gasteiger charge is -2.24. The van der Waals surface area contributed by atoms with Crippen LogP contribution in [0.5, 0.6) is 5.75 Å². The van der Waals surface area contributed by atoms with Crippen LogP contribution < -0.4 is 10.1 Å². The summed E-state index contributed by atoms with van der Waals surface area (Å²) in [6.45, 7) is 5.33. The highest BCUT2D eigenvalue weighted by molar-refractivity contribution is 5.69. The molecule has 24 heavy (non-hydrogen) atoms. The lowest BCUT2D eigenvalue weighted by molar-refractivity contribution is -0.137. The number of aliphatic carboxylic acids is 1. The molecule has 0 fully saturated rings. The van der Waals surface area contributed by atoms with Gasteiger partial charge in [0.2, 0.25) is 0 Å². The minimum Gasteiger partial charge on any atom is -0.481 e. The molecule has 1 aromatic rings. The molecule has 134 valence electrons. The first-order chi connectivity index (χ1) is 11.2. The Morgan fingerprint density at radius 3 is 2.50 bits per heavy atom. The van der Waals surface area contributed by atoms with E-state index in [0.29, 0.717) is 11.3 Å². The largest absolute Gasteiger partial charge is 0.481 e. The van der Waals surface area contributed by atoms with Crippen molar-refractivity contribution in [1.29, 1.82) is 0 Å². The lowest BCUT2D eigenvalue weighted by atomic mass is 10.0. The molecule has 0 heterocycles. The molecule has 1 atom stereocenters. The van der Waals surface area contributed by atoms with E-state index >= 15 is 0 Å². The zero-order valence-corrected chi connectivity index (χ0v) is 14.5. The number of benzene rings is 1. The molecular formula is C17H25NO6. The Hall–Kier alpha value is -2.28. The Labute approximate surface area is 141 Å². The Bertz CT molecular complexity index is 552. The first-order valence-electron chi connectivity index (χ1n) is 7.65. The first-order valence-corrected chi connectivity index (χ1v) is 7.65. The van der Waals surface area contributed by atoms with Crippen molar-refractivity contribution in [2.75, 3.05) is 13.9 Å². The number of carbonyl (C=O) groups excluding carboxylic acids is 1. The number of nitrogens with one attached hydrogen (secondary N) is 1. The monoisotopic (exact) mass is 339 g/mol. The van der Waals surface area contributed by atoms with Gasteiger partial charge in [-0.2, -0.15) is 0 Å². The molecule has 1 amide bonds. The number of para-hydroxylation sites is 1. The van der Waals surface area contributed by atoms with Crippen LogP contribution in [0.3, 0.4) is 0 Å². The standard InChI is InChI=1S/C17H25NO6/c1-17(2,3)24-16(21)18-13(9-10-15(19)20)12-7-5-6-8-14(12)23-11-22-4/h5-8,13H,9-11H2,1-4H3,(H,18,21)(H,19,20). The second-order valence-electron chi connectivity index (χ2n) is 6.22. The Morgan fingerprint density at radius 1 is 1.25 bits per heavy atom. The summed E-state index contributed by atoms with van der Waals surface area (Å²) in [6, 6.07) is 6.53. The van der Waals surface area contributed by atoms with Crippen molar-refractivity contribution in [2.45, 2.75) is 45.3 Å². The van der Waals surface area contributed by atoms with Crippen LogP contribution in [0.4, 0.5) is 4.79 Å².